The normalized spacial score (nSPS) is 12.1. The van der Waals surface area contributed by atoms with Crippen molar-refractivity contribution >= 4 is 5.96 Å². The van der Waals surface area contributed by atoms with Gasteiger partial charge in [-0.15, -0.1) is 0 Å². The highest BCUT2D eigenvalue weighted by molar-refractivity contribution is 5.74. The maximum absolute atomic E-state index is 12.5. The largest absolute Gasteiger partial charge is 0.370 e. The van der Waals surface area contributed by atoms with Gasteiger partial charge in [0.05, 0.1) is 6.04 Å². The molecule has 0 aliphatic carbocycles. The van der Waals surface area contributed by atoms with Gasteiger partial charge in [0.2, 0.25) is 0 Å². The predicted octanol–water partition coefficient (Wildman–Crippen LogP) is 0.987. The van der Waals surface area contributed by atoms with Gasteiger partial charge in [-0.25, -0.2) is 4.39 Å². The fourth-order valence-electron chi connectivity index (χ4n) is 1.51. The number of hydrogen-bond acceptors (Lipinski definition) is 2. The molecular weight excluding hydrogens is 219 g/mol. The number of alkyl halides is 1. The van der Waals surface area contributed by atoms with Crippen LogP contribution in [0.15, 0.2) is 30.3 Å². The van der Waals surface area contributed by atoms with Crippen molar-refractivity contribution in [2.24, 2.45) is 5.73 Å². The Kier molecular flexibility index (Phi) is 6.03. The topological polar surface area (TPSA) is 73.9 Å². The molecule has 0 radical (unpaired) electrons. The Balaban J connectivity index is 2.16. The van der Waals surface area contributed by atoms with Crippen molar-refractivity contribution in [2.45, 2.75) is 19.0 Å². The number of rotatable bonds is 7. The first-order valence-electron chi connectivity index (χ1n) is 5.63. The number of nitrogens with two attached hydrogens (primary N) is 1. The molecule has 0 amide bonds. The molecule has 1 atom stereocenters. The monoisotopic (exact) mass is 238 g/mol. The Morgan fingerprint density at radius 3 is 2.65 bits per heavy atom. The smallest absolute Gasteiger partial charge is 0.186 e. The average Bonchev–Trinajstić information content (AvgIpc) is 2.34. The Hall–Kier alpha value is -1.62. The summed E-state index contributed by atoms with van der Waals surface area (Å²) in [4.78, 5) is 0. The lowest BCUT2D eigenvalue weighted by atomic mass is 10.2. The number of benzene rings is 1. The Morgan fingerprint density at radius 1 is 1.35 bits per heavy atom. The molecule has 0 spiro atoms. The third-order valence-corrected chi connectivity index (χ3v) is 2.39. The van der Waals surface area contributed by atoms with E-state index in [0.717, 1.165) is 6.54 Å². The van der Waals surface area contributed by atoms with Crippen molar-refractivity contribution in [1.29, 1.82) is 5.41 Å². The number of hydrogen-bond donors (Lipinski definition) is 4. The highest BCUT2D eigenvalue weighted by Crippen LogP contribution is 1.98. The minimum Gasteiger partial charge on any atom is -0.370 e. The van der Waals surface area contributed by atoms with E-state index in [1.165, 1.54) is 5.56 Å². The molecule has 0 aliphatic rings. The molecule has 4 nitrogen and oxygen atoms in total. The number of nitrogens with one attached hydrogen (secondary N) is 3. The van der Waals surface area contributed by atoms with Crippen LogP contribution in [0.3, 0.4) is 0 Å². The zero-order chi connectivity index (χ0) is 12.5. The van der Waals surface area contributed by atoms with Gasteiger partial charge in [-0.05, 0) is 18.5 Å². The van der Waals surface area contributed by atoms with Crippen LogP contribution in [0.5, 0.6) is 0 Å². The summed E-state index contributed by atoms with van der Waals surface area (Å²) >= 11 is 0. The van der Waals surface area contributed by atoms with Crippen LogP contribution in [-0.4, -0.2) is 25.2 Å². The second-order valence-electron chi connectivity index (χ2n) is 3.86. The van der Waals surface area contributed by atoms with E-state index in [0.29, 0.717) is 13.0 Å². The Bertz CT molecular complexity index is 329. The fraction of sp³-hybridized carbons (Fsp3) is 0.417. The van der Waals surface area contributed by atoms with Gasteiger partial charge in [0, 0.05) is 6.54 Å². The van der Waals surface area contributed by atoms with E-state index in [9.17, 15) is 4.39 Å². The molecule has 0 fully saturated rings. The van der Waals surface area contributed by atoms with Gasteiger partial charge in [0.15, 0.2) is 5.96 Å². The van der Waals surface area contributed by atoms with E-state index in [2.05, 4.69) is 10.6 Å². The van der Waals surface area contributed by atoms with Gasteiger partial charge in [-0.1, -0.05) is 30.3 Å². The van der Waals surface area contributed by atoms with Crippen LogP contribution in [0.2, 0.25) is 0 Å². The molecule has 1 aromatic carbocycles. The molecule has 0 aliphatic heterocycles. The molecule has 5 N–H and O–H groups in total. The second-order valence-corrected chi connectivity index (χ2v) is 3.86. The van der Waals surface area contributed by atoms with Crippen molar-refractivity contribution in [3.05, 3.63) is 35.9 Å². The van der Waals surface area contributed by atoms with E-state index in [1.54, 1.807) is 0 Å². The minimum absolute atomic E-state index is 0.185. The quantitative estimate of drug-likeness (QED) is 0.325. The highest BCUT2D eigenvalue weighted by Gasteiger charge is 2.07. The average molecular weight is 238 g/mol. The first-order valence-corrected chi connectivity index (χ1v) is 5.63. The lowest BCUT2D eigenvalue weighted by Gasteiger charge is -2.15. The molecule has 1 unspecified atom stereocenters. The number of halogens is 1. The standard InChI is InChI=1S/C12H19FN4/c13-8-11(17-12(14)15)6-7-16-9-10-4-2-1-3-5-10/h1-5,11,16H,6-9H2,(H4,14,15,17). The van der Waals surface area contributed by atoms with Crippen LogP contribution in [0.25, 0.3) is 0 Å². The maximum Gasteiger partial charge on any atom is 0.186 e. The van der Waals surface area contributed by atoms with Crippen LogP contribution in [-0.2, 0) is 6.54 Å². The third-order valence-electron chi connectivity index (χ3n) is 2.39. The summed E-state index contributed by atoms with van der Waals surface area (Å²) in [5, 5.41) is 12.8. The van der Waals surface area contributed by atoms with E-state index in [4.69, 9.17) is 11.1 Å². The maximum atomic E-state index is 12.5. The summed E-state index contributed by atoms with van der Waals surface area (Å²) in [6, 6.07) is 9.63. The molecular formula is C12H19FN4. The van der Waals surface area contributed by atoms with Crippen molar-refractivity contribution in [3.63, 3.8) is 0 Å². The van der Waals surface area contributed by atoms with Crippen LogP contribution in [0, 0.1) is 5.41 Å². The van der Waals surface area contributed by atoms with Crippen LogP contribution in [0.4, 0.5) is 4.39 Å². The van der Waals surface area contributed by atoms with Crippen LogP contribution >= 0.6 is 0 Å². The fourth-order valence-corrected chi connectivity index (χ4v) is 1.51. The summed E-state index contributed by atoms with van der Waals surface area (Å²) < 4.78 is 12.5. The molecule has 5 heteroatoms. The zero-order valence-electron chi connectivity index (χ0n) is 9.75. The van der Waals surface area contributed by atoms with Gasteiger partial charge in [0.1, 0.15) is 6.67 Å². The summed E-state index contributed by atoms with van der Waals surface area (Å²) in [7, 11) is 0. The SMILES string of the molecule is N=C(N)NC(CF)CCNCc1ccccc1. The van der Waals surface area contributed by atoms with Gasteiger partial charge < -0.3 is 16.4 Å². The zero-order valence-corrected chi connectivity index (χ0v) is 9.75. The van der Waals surface area contributed by atoms with Gasteiger partial charge >= 0.3 is 0 Å². The van der Waals surface area contributed by atoms with E-state index >= 15 is 0 Å². The van der Waals surface area contributed by atoms with Crippen molar-refractivity contribution in [2.75, 3.05) is 13.2 Å². The van der Waals surface area contributed by atoms with Crippen molar-refractivity contribution < 1.29 is 4.39 Å². The van der Waals surface area contributed by atoms with Crippen molar-refractivity contribution in [1.82, 2.24) is 10.6 Å². The van der Waals surface area contributed by atoms with Gasteiger partial charge in [-0.2, -0.15) is 0 Å². The Morgan fingerprint density at radius 2 is 2.06 bits per heavy atom. The summed E-state index contributed by atoms with van der Waals surface area (Å²) in [6.45, 7) is 0.927. The third kappa shape index (κ3) is 5.87. The molecule has 0 saturated heterocycles. The number of guanidine groups is 1. The minimum atomic E-state index is -0.521. The lowest BCUT2D eigenvalue weighted by Crippen LogP contribution is -2.42. The Labute approximate surface area is 101 Å². The molecule has 0 bridgehead atoms. The van der Waals surface area contributed by atoms with Crippen molar-refractivity contribution in [3.8, 4) is 0 Å². The lowest BCUT2D eigenvalue weighted by molar-refractivity contribution is 0.384. The molecule has 0 heterocycles. The molecule has 17 heavy (non-hydrogen) atoms. The molecule has 0 saturated carbocycles. The first-order chi connectivity index (χ1) is 8.22. The van der Waals surface area contributed by atoms with Gasteiger partial charge in [-0.3, -0.25) is 5.41 Å². The molecule has 1 aromatic rings. The summed E-state index contributed by atoms with van der Waals surface area (Å²) in [6.07, 6.45) is 0.600. The van der Waals surface area contributed by atoms with Crippen LogP contribution in [0.1, 0.15) is 12.0 Å². The summed E-state index contributed by atoms with van der Waals surface area (Å²) in [5.74, 6) is -0.185. The van der Waals surface area contributed by atoms with E-state index in [-0.39, 0.29) is 12.0 Å². The first kappa shape index (κ1) is 13.4. The second kappa shape index (κ2) is 7.62. The highest BCUT2D eigenvalue weighted by atomic mass is 19.1. The van der Waals surface area contributed by atoms with Crippen LogP contribution < -0.4 is 16.4 Å². The van der Waals surface area contributed by atoms with Gasteiger partial charge in [0.25, 0.3) is 0 Å². The molecule has 94 valence electrons. The molecule has 0 aromatic heterocycles. The molecule has 1 rings (SSSR count). The van der Waals surface area contributed by atoms with E-state index < -0.39 is 6.67 Å². The summed E-state index contributed by atoms with van der Waals surface area (Å²) in [5.41, 5.74) is 6.35. The van der Waals surface area contributed by atoms with E-state index in [1.807, 2.05) is 30.3 Å². The predicted molar refractivity (Wildman–Crippen MR) is 67.6 cm³/mol.